The van der Waals surface area contributed by atoms with Crippen molar-refractivity contribution < 1.29 is 14.3 Å². The lowest BCUT2D eigenvalue weighted by Crippen LogP contribution is -2.33. The van der Waals surface area contributed by atoms with Crippen molar-refractivity contribution in [2.75, 3.05) is 6.54 Å². The Bertz CT molecular complexity index is 689. The molecule has 1 aliphatic carbocycles. The molecule has 0 bridgehead atoms. The largest absolute Gasteiger partial charge is 0.393 e. The van der Waals surface area contributed by atoms with Crippen LogP contribution in [-0.2, 0) is 0 Å². The van der Waals surface area contributed by atoms with Crippen LogP contribution < -0.4 is 5.32 Å². The van der Waals surface area contributed by atoms with E-state index in [0.717, 1.165) is 25.7 Å². The minimum Gasteiger partial charge on any atom is -0.393 e. The minimum atomic E-state index is -0.343. The van der Waals surface area contributed by atoms with Gasteiger partial charge in [0.15, 0.2) is 0 Å². The highest BCUT2D eigenvalue weighted by atomic mass is 32.1. The van der Waals surface area contributed by atoms with E-state index in [4.69, 9.17) is 0 Å². The van der Waals surface area contributed by atoms with Crippen LogP contribution in [0.5, 0.6) is 0 Å². The Morgan fingerprint density at radius 2 is 2.22 bits per heavy atom. The highest BCUT2D eigenvalue weighted by Gasteiger charge is 2.21. The van der Waals surface area contributed by atoms with Crippen molar-refractivity contribution in [3.8, 4) is 10.6 Å². The van der Waals surface area contributed by atoms with Gasteiger partial charge in [-0.2, -0.15) is 0 Å². The van der Waals surface area contributed by atoms with Crippen LogP contribution in [0, 0.1) is 11.7 Å². The van der Waals surface area contributed by atoms with Gasteiger partial charge in [-0.3, -0.25) is 4.79 Å². The number of aliphatic hydroxyl groups excluding tert-OH is 1. The lowest BCUT2D eigenvalue weighted by atomic mass is 9.87. The van der Waals surface area contributed by atoms with Crippen molar-refractivity contribution >= 4 is 17.2 Å². The second-order valence-corrected chi connectivity index (χ2v) is 6.77. The number of nitrogens with zero attached hydrogens (tertiary/aromatic N) is 1. The summed E-state index contributed by atoms with van der Waals surface area (Å²) in [4.78, 5) is 16.4. The third kappa shape index (κ3) is 3.95. The van der Waals surface area contributed by atoms with Crippen LogP contribution in [0.2, 0.25) is 0 Å². The standard InChI is InChI=1S/C17H19FN2O2S/c18-14-7-2-1-6-13(14)17-20-15(10-23-17)16(22)19-9-11-4-3-5-12(21)8-11/h1-2,6-7,10-12,21H,3-5,8-9H2,(H,19,22). The van der Waals surface area contributed by atoms with Gasteiger partial charge < -0.3 is 10.4 Å². The second kappa shape index (κ2) is 7.19. The fourth-order valence-electron chi connectivity index (χ4n) is 2.91. The summed E-state index contributed by atoms with van der Waals surface area (Å²) in [5, 5.41) is 14.7. The van der Waals surface area contributed by atoms with Crippen molar-refractivity contribution in [2.24, 2.45) is 5.92 Å². The summed E-state index contributed by atoms with van der Waals surface area (Å²) in [5.41, 5.74) is 0.719. The normalized spacial score (nSPS) is 21.1. The van der Waals surface area contributed by atoms with Gasteiger partial charge in [-0.15, -0.1) is 11.3 Å². The summed E-state index contributed by atoms with van der Waals surface area (Å²) in [7, 11) is 0. The SMILES string of the molecule is O=C(NCC1CCCC(O)C1)c1csc(-c2ccccc2F)n1. The van der Waals surface area contributed by atoms with Gasteiger partial charge in [0.25, 0.3) is 5.91 Å². The predicted molar refractivity (Wildman–Crippen MR) is 87.8 cm³/mol. The van der Waals surface area contributed by atoms with Crippen LogP contribution >= 0.6 is 11.3 Å². The van der Waals surface area contributed by atoms with Gasteiger partial charge in [-0.25, -0.2) is 9.37 Å². The van der Waals surface area contributed by atoms with E-state index in [9.17, 15) is 14.3 Å². The maximum absolute atomic E-state index is 13.8. The van der Waals surface area contributed by atoms with E-state index in [1.54, 1.807) is 23.6 Å². The number of amides is 1. The van der Waals surface area contributed by atoms with Crippen LogP contribution in [0.15, 0.2) is 29.6 Å². The number of thiazole rings is 1. The fourth-order valence-corrected chi connectivity index (χ4v) is 3.74. The van der Waals surface area contributed by atoms with Crippen LogP contribution in [0.4, 0.5) is 4.39 Å². The highest BCUT2D eigenvalue weighted by molar-refractivity contribution is 7.13. The number of benzene rings is 1. The zero-order valence-corrected chi connectivity index (χ0v) is 13.5. The number of hydrogen-bond donors (Lipinski definition) is 2. The first-order valence-electron chi connectivity index (χ1n) is 7.80. The molecule has 1 amide bonds. The molecule has 0 spiro atoms. The van der Waals surface area contributed by atoms with Gasteiger partial charge >= 0.3 is 0 Å². The first kappa shape index (κ1) is 16.1. The first-order chi connectivity index (χ1) is 11.1. The molecule has 2 aromatic rings. The quantitative estimate of drug-likeness (QED) is 0.902. The maximum atomic E-state index is 13.8. The molecule has 0 radical (unpaired) electrons. The Morgan fingerprint density at radius 3 is 3.00 bits per heavy atom. The molecule has 6 heteroatoms. The van der Waals surface area contributed by atoms with Gasteiger partial charge in [0.05, 0.1) is 6.10 Å². The molecule has 23 heavy (non-hydrogen) atoms. The van der Waals surface area contributed by atoms with Crippen molar-refractivity contribution in [1.82, 2.24) is 10.3 Å². The summed E-state index contributed by atoms with van der Waals surface area (Å²) < 4.78 is 13.8. The molecular weight excluding hydrogens is 315 g/mol. The smallest absolute Gasteiger partial charge is 0.270 e. The van der Waals surface area contributed by atoms with E-state index in [-0.39, 0.29) is 17.8 Å². The Kier molecular flexibility index (Phi) is 5.03. The average Bonchev–Trinajstić information content (AvgIpc) is 3.03. The third-order valence-electron chi connectivity index (χ3n) is 4.15. The molecule has 1 aliphatic rings. The molecule has 1 aromatic carbocycles. The number of carbonyl (C=O) groups is 1. The van der Waals surface area contributed by atoms with Gasteiger partial charge in [-0.1, -0.05) is 18.6 Å². The molecule has 2 atom stereocenters. The molecule has 3 rings (SSSR count). The summed E-state index contributed by atoms with van der Waals surface area (Å²) in [6.45, 7) is 0.544. The Labute approximate surface area is 138 Å². The van der Waals surface area contributed by atoms with Gasteiger partial charge in [0, 0.05) is 17.5 Å². The average molecular weight is 334 g/mol. The monoisotopic (exact) mass is 334 g/mol. The highest BCUT2D eigenvalue weighted by Crippen LogP contribution is 2.26. The summed E-state index contributed by atoms with van der Waals surface area (Å²) >= 11 is 1.26. The Hall–Kier alpha value is -1.79. The van der Waals surface area contributed by atoms with Crippen LogP contribution in [0.3, 0.4) is 0 Å². The molecular formula is C17H19FN2O2S. The van der Waals surface area contributed by atoms with Crippen molar-refractivity contribution in [1.29, 1.82) is 0 Å². The summed E-state index contributed by atoms with van der Waals surface area (Å²) in [6.07, 6.45) is 3.35. The van der Waals surface area contributed by atoms with Crippen LogP contribution in [0.1, 0.15) is 36.2 Å². The molecule has 4 nitrogen and oxygen atoms in total. The zero-order valence-electron chi connectivity index (χ0n) is 12.7. The third-order valence-corrected chi connectivity index (χ3v) is 5.02. The lowest BCUT2D eigenvalue weighted by Gasteiger charge is -2.25. The van der Waals surface area contributed by atoms with E-state index in [2.05, 4.69) is 10.3 Å². The molecule has 2 N–H and O–H groups in total. The lowest BCUT2D eigenvalue weighted by molar-refractivity contribution is 0.0871. The van der Waals surface area contributed by atoms with E-state index in [1.165, 1.54) is 17.4 Å². The topological polar surface area (TPSA) is 62.2 Å². The van der Waals surface area contributed by atoms with Crippen LogP contribution in [0.25, 0.3) is 10.6 Å². The molecule has 0 saturated heterocycles. The molecule has 1 heterocycles. The van der Waals surface area contributed by atoms with Crippen molar-refractivity contribution in [3.63, 3.8) is 0 Å². The molecule has 1 fully saturated rings. The molecule has 0 aliphatic heterocycles. The number of aromatic nitrogens is 1. The van der Waals surface area contributed by atoms with E-state index in [1.807, 2.05) is 0 Å². The molecule has 2 unspecified atom stereocenters. The fraction of sp³-hybridized carbons (Fsp3) is 0.412. The minimum absolute atomic E-state index is 0.246. The van der Waals surface area contributed by atoms with E-state index >= 15 is 0 Å². The molecule has 1 saturated carbocycles. The first-order valence-corrected chi connectivity index (χ1v) is 8.68. The summed E-state index contributed by atoms with van der Waals surface area (Å²) in [6, 6.07) is 6.40. The molecule has 1 aromatic heterocycles. The number of hydrogen-bond acceptors (Lipinski definition) is 4. The van der Waals surface area contributed by atoms with Gasteiger partial charge in [0.2, 0.25) is 0 Å². The number of rotatable bonds is 4. The Morgan fingerprint density at radius 1 is 1.39 bits per heavy atom. The number of nitrogens with one attached hydrogen (secondary N) is 1. The van der Waals surface area contributed by atoms with E-state index in [0.29, 0.717) is 28.7 Å². The van der Waals surface area contributed by atoms with E-state index < -0.39 is 0 Å². The predicted octanol–water partition coefficient (Wildman–Crippen LogP) is 3.23. The van der Waals surface area contributed by atoms with Gasteiger partial charge in [-0.05, 0) is 37.3 Å². The van der Waals surface area contributed by atoms with Crippen molar-refractivity contribution in [3.05, 3.63) is 41.2 Å². The summed E-state index contributed by atoms with van der Waals surface area (Å²) in [5.74, 6) is -0.277. The second-order valence-electron chi connectivity index (χ2n) is 5.91. The zero-order chi connectivity index (χ0) is 16.2. The van der Waals surface area contributed by atoms with Gasteiger partial charge in [0.1, 0.15) is 16.5 Å². The number of halogens is 1. The molecule has 122 valence electrons. The number of carbonyl (C=O) groups excluding carboxylic acids is 1. The maximum Gasteiger partial charge on any atom is 0.270 e. The number of aliphatic hydroxyl groups is 1. The van der Waals surface area contributed by atoms with Crippen molar-refractivity contribution in [2.45, 2.75) is 31.8 Å². The Balaban J connectivity index is 1.61. The van der Waals surface area contributed by atoms with Crippen LogP contribution in [-0.4, -0.2) is 28.6 Å².